The number of ether oxygens (including phenoxy) is 1. The number of carbonyl (C=O) groups is 1. The van der Waals surface area contributed by atoms with Gasteiger partial charge < -0.3 is 19.6 Å². The second kappa shape index (κ2) is 9.53. The van der Waals surface area contributed by atoms with Gasteiger partial charge in [0.15, 0.2) is 8.32 Å². The smallest absolute Gasteiger partial charge is 0.407 e. The Bertz CT molecular complexity index is 699. The fourth-order valence-corrected chi connectivity index (χ4v) is 3.79. The zero-order valence-corrected chi connectivity index (χ0v) is 19.7. The number of alkyl carbamates (subject to hydrolysis) is 1. The number of nitrogens with one attached hydrogen (secondary N) is 1. The first-order valence-electron chi connectivity index (χ1n) is 9.79. The lowest BCUT2D eigenvalue weighted by Crippen LogP contribution is -2.48. The second-order valence-electron chi connectivity index (χ2n) is 9.80. The lowest BCUT2D eigenvalue weighted by molar-refractivity contribution is 0.0451. The molecule has 0 aromatic heterocycles. The molecule has 1 amide bonds. The molecule has 0 aliphatic rings. The molecule has 166 valence electrons. The predicted octanol–water partition coefficient (Wildman–Crippen LogP) is 5.30. The Morgan fingerprint density at radius 3 is 2.28 bits per heavy atom. The first-order chi connectivity index (χ1) is 13.0. The van der Waals surface area contributed by atoms with Crippen molar-refractivity contribution in [2.45, 2.75) is 83.9 Å². The normalized spacial score (nSPS) is 15.0. The lowest BCUT2D eigenvalue weighted by atomic mass is 10.0. The van der Waals surface area contributed by atoms with Gasteiger partial charge >= 0.3 is 6.09 Å². The molecular formula is C21H35F2NO4Si. The van der Waals surface area contributed by atoms with E-state index in [1.54, 1.807) is 20.8 Å². The number of aliphatic hydroxyl groups excluding tert-OH is 1. The van der Waals surface area contributed by atoms with Crippen LogP contribution in [0, 0.1) is 11.6 Å². The van der Waals surface area contributed by atoms with E-state index in [1.165, 1.54) is 0 Å². The van der Waals surface area contributed by atoms with E-state index in [-0.39, 0.29) is 23.6 Å². The molecule has 1 aromatic rings. The van der Waals surface area contributed by atoms with Crippen molar-refractivity contribution in [3.8, 4) is 0 Å². The fraction of sp³-hybridized carbons (Fsp3) is 0.667. The highest BCUT2D eigenvalue weighted by atomic mass is 28.4. The van der Waals surface area contributed by atoms with E-state index in [0.717, 1.165) is 18.2 Å². The van der Waals surface area contributed by atoms with Crippen molar-refractivity contribution in [3.05, 3.63) is 35.4 Å². The van der Waals surface area contributed by atoms with Crippen LogP contribution in [0.25, 0.3) is 0 Å². The van der Waals surface area contributed by atoms with Crippen LogP contribution in [0.3, 0.4) is 0 Å². The van der Waals surface area contributed by atoms with E-state index in [2.05, 4.69) is 26.1 Å². The number of rotatable bonds is 7. The van der Waals surface area contributed by atoms with Gasteiger partial charge in [-0.3, -0.25) is 0 Å². The molecule has 0 aliphatic carbocycles. The Labute approximate surface area is 173 Å². The molecule has 0 spiro atoms. The highest BCUT2D eigenvalue weighted by molar-refractivity contribution is 6.74. The summed E-state index contributed by atoms with van der Waals surface area (Å²) in [6, 6.07) is 2.96. The van der Waals surface area contributed by atoms with Crippen molar-refractivity contribution in [1.29, 1.82) is 0 Å². The third-order valence-corrected chi connectivity index (χ3v) is 9.48. The number of amides is 1. The van der Waals surface area contributed by atoms with Crippen LogP contribution < -0.4 is 5.32 Å². The lowest BCUT2D eigenvalue weighted by Gasteiger charge is -2.39. The molecule has 1 rings (SSSR count). The Kier molecular flexibility index (Phi) is 8.39. The SMILES string of the molecule is CC(C)(C)OC(=O)NCC(CC(O)c1cc(F)ccc1F)O[Si](C)(C)C(C)(C)C. The second-order valence-corrected chi connectivity index (χ2v) is 14.6. The summed E-state index contributed by atoms with van der Waals surface area (Å²) in [6.45, 7) is 15.6. The van der Waals surface area contributed by atoms with Gasteiger partial charge in [-0.2, -0.15) is 0 Å². The zero-order valence-electron chi connectivity index (χ0n) is 18.7. The Morgan fingerprint density at radius 2 is 1.76 bits per heavy atom. The third-order valence-electron chi connectivity index (χ3n) is 4.94. The molecule has 2 atom stereocenters. The van der Waals surface area contributed by atoms with Gasteiger partial charge in [-0.15, -0.1) is 0 Å². The summed E-state index contributed by atoms with van der Waals surface area (Å²) in [5.41, 5.74) is -0.782. The van der Waals surface area contributed by atoms with Crippen LogP contribution in [-0.4, -0.2) is 37.8 Å². The van der Waals surface area contributed by atoms with Crippen LogP contribution in [0.5, 0.6) is 0 Å². The molecule has 8 heteroatoms. The van der Waals surface area contributed by atoms with Crippen molar-refractivity contribution in [3.63, 3.8) is 0 Å². The first kappa shape index (κ1) is 25.5. The molecule has 0 saturated carbocycles. The monoisotopic (exact) mass is 431 g/mol. The molecule has 2 N–H and O–H groups in total. The molecular weight excluding hydrogens is 396 g/mol. The van der Waals surface area contributed by atoms with E-state index in [9.17, 15) is 18.7 Å². The topological polar surface area (TPSA) is 67.8 Å². The maximum Gasteiger partial charge on any atom is 0.407 e. The molecule has 0 fully saturated rings. The van der Waals surface area contributed by atoms with Crippen molar-refractivity contribution in [2.24, 2.45) is 0 Å². The highest BCUT2D eigenvalue weighted by Crippen LogP contribution is 2.38. The zero-order chi connectivity index (χ0) is 22.6. The van der Waals surface area contributed by atoms with E-state index in [1.807, 2.05) is 13.1 Å². The molecule has 29 heavy (non-hydrogen) atoms. The maximum atomic E-state index is 14.0. The summed E-state index contributed by atoms with van der Waals surface area (Å²) in [5.74, 6) is -1.32. The van der Waals surface area contributed by atoms with Crippen LogP contribution in [0.1, 0.15) is 59.6 Å². The van der Waals surface area contributed by atoms with Gasteiger partial charge in [0.2, 0.25) is 0 Å². The summed E-state index contributed by atoms with van der Waals surface area (Å²) in [5, 5.41) is 13.1. The van der Waals surface area contributed by atoms with E-state index in [4.69, 9.17) is 9.16 Å². The first-order valence-corrected chi connectivity index (χ1v) is 12.7. The molecule has 0 radical (unpaired) electrons. The summed E-state index contributed by atoms with van der Waals surface area (Å²) in [4.78, 5) is 12.0. The van der Waals surface area contributed by atoms with Gasteiger partial charge in [-0.05, 0) is 57.1 Å². The standard InChI is InChI=1S/C21H35F2NO4Si/c1-20(2,3)27-19(26)24-13-15(28-29(7,8)21(4,5)6)12-18(25)16-11-14(22)9-10-17(16)23/h9-11,15,18,25H,12-13H2,1-8H3,(H,24,26). The third kappa shape index (κ3) is 8.40. The molecule has 0 aliphatic heterocycles. The van der Waals surface area contributed by atoms with Gasteiger partial charge in [0.25, 0.3) is 0 Å². The average Bonchev–Trinajstić information content (AvgIpc) is 2.51. The number of aliphatic hydroxyl groups is 1. The molecule has 2 unspecified atom stereocenters. The number of carbonyl (C=O) groups excluding carboxylic acids is 1. The van der Waals surface area contributed by atoms with Crippen molar-refractivity contribution in [2.75, 3.05) is 6.54 Å². The summed E-state index contributed by atoms with van der Waals surface area (Å²) in [7, 11) is -2.25. The van der Waals surface area contributed by atoms with Crippen LogP contribution in [0.4, 0.5) is 13.6 Å². The molecule has 1 aromatic carbocycles. The fourth-order valence-electron chi connectivity index (χ4n) is 2.42. The van der Waals surface area contributed by atoms with Gasteiger partial charge in [0.05, 0.1) is 12.2 Å². The highest BCUT2D eigenvalue weighted by Gasteiger charge is 2.39. The van der Waals surface area contributed by atoms with Crippen molar-refractivity contribution >= 4 is 14.4 Å². The van der Waals surface area contributed by atoms with Crippen molar-refractivity contribution in [1.82, 2.24) is 5.32 Å². The Balaban J connectivity index is 2.97. The van der Waals surface area contributed by atoms with Gasteiger partial charge in [0, 0.05) is 18.5 Å². The Hall–Kier alpha value is -1.51. The van der Waals surface area contributed by atoms with Gasteiger partial charge in [-0.1, -0.05) is 20.8 Å². The van der Waals surface area contributed by atoms with Crippen LogP contribution >= 0.6 is 0 Å². The quantitative estimate of drug-likeness (QED) is 0.575. The van der Waals surface area contributed by atoms with E-state index >= 15 is 0 Å². The molecule has 5 nitrogen and oxygen atoms in total. The minimum atomic E-state index is -2.25. The summed E-state index contributed by atoms with van der Waals surface area (Å²) in [6.07, 6.45) is -2.47. The van der Waals surface area contributed by atoms with Gasteiger partial charge in [-0.25, -0.2) is 13.6 Å². The summed E-state index contributed by atoms with van der Waals surface area (Å²) >= 11 is 0. The summed E-state index contributed by atoms with van der Waals surface area (Å²) < 4.78 is 39.1. The van der Waals surface area contributed by atoms with E-state index in [0.29, 0.717) is 0 Å². The molecule has 0 saturated heterocycles. The number of hydrogen-bond acceptors (Lipinski definition) is 4. The van der Waals surface area contributed by atoms with Crippen LogP contribution in [-0.2, 0) is 9.16 Å². The van der Waals surface area contributed by atoms with Crippen LogP contribution in [0.15, 0.2) is 18.2 Å². The number of halogens is 2. The minimum absolute atomic E-state index is 0.00266. The Morgan fingerprint density at radius 1 is 1.17 bits per heavy atom. The predicted molar refractivity (Wildman–Crippen MR) is 112 cm³/mol. The van der Waals surface area contributed by atoms with Gasteiger partial charge in [0.1, 0.15) is 17.2 Å². The average molecular weight is 432 g/mol. The number of benzene rings is 1. The molecule has 0 bridgehead atoms. The largest absolute Gasteiger partial charge is 0.444 e. The minimum Gasteiger partial charge on any atom is -0.444 e. The maximum absolute atomic E-state index is 14.0. The molecule has 0 heterocycles. The number of hydrogen-bond donors (Lipinski definition) is 2. The van der Waals surface area contributed by atoms with Crippen molar-refractivity contribution < 1.29 is 27.8 Å². The van der Waals surface area contributed by atoms with E-state index < -0.39 is 43.9 Å². The van der Waals surface area contributed by atoms with Crippen LogP contribution in [0.2, 0.25) is 18.1 Å².